The van der Waals surface area contributed by atoms with Crippen molar-refractivity contribution < 1.29 is 19.4 Å². The maximum Gasteiger partial charge on any atom is 0.306 e. The maximum atomic E-state index is 12.2. The van der Waals surface area contributed by atoms with Crippen LogP contribution in [0.1, 0.15) is 187 Å². The average molecular weight is 563 g/mol. The van der Waals surface area contributed by atoms with Crippen molar-refractivity contribution in [2.24, 2.45) is 0 Å². The van der Waals surface area contributed by atoms with Gasteiger partial charge in [-0.05, 0) is 64.2 Å². The highest BCUT2D eigenvalue weighted by atomic mass is 16.5. The fourth-order valence-corrected chi connectivity index (χ4v) is 5.09. The highest BCUT2D eigenvalue weighted by Crippen LogP contribution is 2.16. The van der Waals surface area contributed by atoms with Crippen LogP contribution in [0.2, 0.25) is 0 Å². The summed E-state index contributed by atoms with van der Waals surface area (Å²) in [6, 6.07) is 0. The summed E-state index contributed by atoms with van der Waals surface area (Å²) in [5.41, 5.74) is 0. The van der Waals surface area contributed by atoms with Gasteiger partial charge >= 0.3 is 11.9 Å². The Morgan fingerprint density at radius 3 is 1.52 bits per heavy atom. The van der Waals surface area contributed by atoms with E-state index in [2.05, 4.69) is 38.2 Å². The summed E-state index contributed by atoms with van der Waals surface area (Å²) in [5.74, 6) is -0.695. The topological polar surface area (TPSA) is 63.6 Å². The van der Waals surface area contributed by atoms with Crippen LogP contribution in [0.5, 0.6) is 0 Å². The zero-order valence-electron chi connectivity index (χ0n) is 26.7. The molecule has 0 bridgehead atoms. The molecule has 0 rings (SSSR count). The quantitative estimate of drug-likeness (QED) is 0.0518. The van der Waals surface area contributed by atoms with E-state index < -0.39 is 5.97 Å². The van der Waals surface area contributed by atoms with E-state index in [9.17, 15) is 9.59 Å². The number of aliphatic carboxylic acids is 1. The van der Waals surface area contributed by atoms with Crippen molar-refractivity contribution in [1.29, 1.82) is 0 Å². The number of carboxylic acid groups (broad SMARTS) is 1. The Labute approximate surface area is 248 Å². The monoisotopic (exact) mass is 562 g/mol. The molecule has 0 saturated carbocycles. The number of rotatable bonds is 31. The minimum atomic E-state index is -0.686. The summed E-state index contributed by atoms with van der Waals surface area (Å²) >= 11 is 0. The van der Waals surface area contributed by atoms with Crippen LogP contribution in [0.15, 0.2) is 24.3 Å². The molecule has 0 aliphatic carbocycles. The van der Waals surface area contributed by atoms with E-state index in [1.165, 1.54) is 103 Å². The summed E-state index contributed by atoms with van der Waals surface area (Å²) < 4.78 is 5.73. The van der Waals surface area contributed by atoms with Gasteiger partial charge in [0, 0.05) is 12.8 Å². The molecule has 0 aromatic rings. The van der Waals surface area contributed by atoms with E-state index in [1.54, 1.807) is 0 Å². The zero-order chi connectivity index (χ0) is 29.4. The zero-order valence-corrected chi connectivity index (χ0v) is 26.7. The molecule has 0 aromatic carbocycles. The van der Waals surface area contributed by atoms with Gasteiger partial charge in [-0.25, -0.2) is 0 Å². The number of carbonyl (C=O) groups is 2. The summed E-state index contributed by atoms with van der Waals surface area (Å²) in [7, 11) is 0. The highest BCUT2D eigenvalue weighted by Gasteiger charge is 2.12. The van der Waals surface area contributed by atoms with Crippen LogP contribution in [-0.4, -0.2) is 23.1 Å². The van der Waals surface area contributed by atoms with Crippen LogP contribution in [0.25, 0.3) is 0 Å². The van der Waals surface area contributed by atoms with E-state index >= 15 is 0 Å². The number of carbonyl (C=O) groups excluding carboxylic acids is 1. The molecule has 40 heavy (non-hydrogen) atoms. The first kappa shape index (κ1) is 38.4. The van der Waals surface area contributed by atoms with Gasteiger partial charge in [-0.3, -0.25) is 9.59 Å². The number of hydrogen-bond acceptors (Lipinski definition) is 3. The molecule has 1 atom stereocenters. The fraction of sp³-hybridized carbons (Fsp3) is 0.833. The smallest absolute Gasteiger partial charge is 0.306 e. The molecular weight excluding hydrogens is 496 g/mol. The molecule has 0 aliphatic heterocycles. The summed E-state index contributed by atoms with van der Waals surface area (Å²) in [4.78, 5) is 22.7. The van der Waals surface area contributed by atoms with Gasteiger partial charge in [-0.15, -0.1) is 0 Å². The van der Waals surface area contributed by atoms with Crippen molar-refractivity contribution in [3.8, 4) is 0 Å². The second-order valence-corrected chi connectivity index (χ2v) is 11.7. The van der Waals surface area contributed by atoms with Crippen LogP contribution < -0.4 is 0 Å². The predicted molar refractivity (Wildman–Crippen MR) is 172 cm³/mol. The molecule has 1 unspecified atom stereocenters. The molecule has 234 valence electrons. The van der Waals surface area contributed by atoms with Crippen molar-refractivity contribution in [3.05, 3.63) is 24.3 Å². The SMILES string of the molecule is CCCCC/C=C\C/C=C\CCCCCCCCCCCC(=O)OC(CC)CCCCCCCCCCC(=O)O. The van der Waals surface area contributed by atoms with Gasteiger partial charge in [0.15, 0.2) is 0 Å². The molecule has 0 amide bonds. The second-order valence-electron chi connectivity index (χ2n) is 11.7. The van der Waals surface area contributed by atoms with Gasteiger partial charge in [0.25, 0.3) is 0 Å². The molecule has 4 heteroatoms. The molecule has 0 radical (unpaired) electrons. The average Bonchev–Trinajstić information content (AvgIpc) is 2.94. The number of carboxylic acids is 1. The van der Waals surface area contributed by atoms with Crippen LogP contribution in [0.3, 0.4) is 0 Å². The molecule has 0 spiro atoms. The lowest BCUT2D eigenvalue weighted by Gasteiger charge is -2.16. The van der Waals surface area contributed by atoms with E-state index in [4.69, 9.17) is 9.84 Å². The number of esters is 1. The Morgan fingerprint density at radius 2 is 1.02 bits per heavy atom. The molecule has 0 aliphatic rings. The lowest BCUT2D eigenvalue weighted by Crippen LogP contribution is -2.17. The molecule has 4 nitrogen and oxygen atoms in total. The van der Waals surface area contributed by atoms with Gasteiger partial charge in [0.1, 0.15) is 6.10 Å². The number of ether oxygens (including phenoxy) is 1. The van der Waals surface area contributed by atoms with Crippen molar-refractivity contribution in [2.75, 3.05) is 0 Å². The lowest BCUT2D eigenvalue weighted by atomic mass is 10.0. The van der Waals surface area contributed by atoms with Crippen LogP contribution in [-0.2, 0) is 14.3 Å². The largest absolute Gasteiger partial charge is 0.481 e. The standard InChI is InChI=1S/C36H66O4/c1-3-5-6-7-8-9-10-11-12-13-14-15-16-17-18-19-24-27-30-33-36(39)40-34(4-2)31-28-25-22-20-21-23-26-29-32-35(37)38/h8-9,11-12,34H,3-7,10,13-33H2,1-2H3,(H,37,38)/b9-8-,12-11-. The third kappa shape index (κ3) is 31.0. The molecule has 1 N–H and O–H groups in total. The number of hydrogen-bond donors (Lipinski definition) is 1. The number of unbranched alkanes of at least 4 members (excludes halogenated alkanes) is 19. The Bertz CT molecular complexity index is 610. The third-order valence-corrected chi connectivity index (χ3v) is 7.75. The van der Waals surface area contributed by atoms with Gasteiger partial charge in [-0.1, -0.05) is 134 Å². The van der Waals surface area contributed by atoms with Gasteiger partial charge in [0.2, 0.25) is 0 Å². The fourth-order valence-electron chi connectivity index (χ4n) is 5.09. The second kappa shape index (κ2) is 31.9. The van der Waals surface area contributed by atoms with Gasteiger partial charge in [0.05, 0.1) is 0 Å². The summed E-state index contributed by atoms with van der Waals surface area (Å²) in [5, 5.41) is 8.65. The highest BCUT2D eigenvalue weighted by molar-refractivity contribution is 5.69. The minimum absolute atomic E-state index is 0.00902. The first-order valence-corrected chi connectivity index (χ1v) is 17.3. The molecule has 0 saturated heterocycles. The first-order valence-electron chi connectivity index (χ1n) is 17.3. The van der Waals surface area contributed by atoms with E-state index in [0.717, 1.165) is 57.8 Å². The molecule has 0 fully saturated rings. The maximum absolute atomic E-state index is 12.2. The van der Waals surface area contributed by atoms with Crippen LogP contribution >= 0.6 is 0 Å². The van der Waals surface area contributed by atoms with Gasteiger partial charge < -0.3 is 9.84 Å². The summed E-state index contributed by atoms with van der Waals surface area (Å²) in [6.45, 7) is 4.37. The van der Waals surface area contributed by atoms with Crippen molar-refractivity contribution in [2.45, 2.75) is 193 Å². The lowest BCUT2D eigenvalue weighted by molar-refractivity contribution is -0.149. The van der Waals surface area contributed by atoms with Gasteiger partial charge in [-0.2, -0.15) is 0 Å². The summed E-state index contributed by atoms with van der Waals surface area (Å²) in [6.07, 6.45) is 39.9. The van der Waals surface area contributed by atoms with E-state index in [1.807, 2.05) is 0 Å². The Morgan fingerprint density at radius 1 is 0.575 bits per heavy atom. The minimum Gasteiger partial charge on any atom is -0.481 e. The Hall–Kier alpha value is -1.58. The van der Waals surface area contributed by atoms with Crippen LogP contribution in [0.4, 0.5) is 0 Å². The van der Waals surface area contributed by atoms with Crippen molar-refractivity contribution in [1.82, 2.24) is 0 Å². The first-order chi connectivity index (χ1) is 19.6. The molecule has 0 aromatic heterocycles. The third-order valence-electron chi connectivity index (χ3n) is 7.75. The molecular formula is C36H66O4. The van der Waals surface area contributed by atoms with Crippen molar-refractivity contribution in [3.63, 3.8) is 0 Å². The van der Waals surface area contributed by atoms with Crippen LogP contribution in [0, 0.1) is 0 Å². The predicted octanol–water partition coefficient (Wildman–Crippen LogP) is 11.7. The van der Waals surface area contributed by atoms with Crippen molar-refractivity contribution >= 4 is 11.9 Å². The Balaban J connectivity index is 3.45. The molecule has 0 heterocycles. The number of allylic oxidation sites excluding steroid dienone is 4. The van der Waals surface area contributed by atoms with E-state index in [0.29, 0.717) is 12.8 Å². The van der Waals surface area contributed by atoms with E-state index in [-0.39, 0.29) is 12.1 Å². The Kier molecular flexibility index (Phi) is 30.7. The normalized spacial score (nSPS) is 12.4.